The molecule has 2 N–H and O–H groups in total. The van der Waals surface area contributed by atoms with E-state index in [1.165, 1.54) is 18.4 Å². The number of amides is 1. The molecule has 1 heterocycles. The summed E-state index contributed by atoms with van der Waals surface area (Å²) in [5.41, 5.74) is 8.55. The van der Waals surface area contributed by atoms with E-state index in [-0.39, 0.29) is 36.4 Å². The summed E-state index contributed by atoms with van der Waals surface area (Å²) in [4.78, 5) is 15.3. The number of hydrogen-bond donors (Lipinski definition) is 1. The molecule has 4 rings (SSSR count). The molecule has 1 aliphatic heterocycles. The van der Waals surface area contributed by atoms with Crippen LogP contribution in [0, 0.1) is 0 Å². The Kier molecular flexibility index (Phi) is 7.11. The lowest BCUT2D eigenvalue weighted by Crippen LogP contribution is -2.37. The Morgan fingerprint density at radius 3 is 2.21 bits per heavy atom. The largest absolute Gasteiger partial charge is 0.360 e. The number of rotatable bonds is 5. The van der Waals surface area contributed by atoms with Crippen LogP contribution in [-0.2, 0) is 9.53 Å². The van der Waals surface area contributed by atoms with E-state index in [4.69, 9.17) is 10.5 Å². The Bertz CT molecular complexity index is 750. The molecule has 2 aromatic carbocycles. The minimum Gasteiger partial charge on any atom is -0.360 e. The van der Waals surface area contributed by atoms with Gasteiger partial charge in [-0.15, -0.1) is 12.4 Å². The lowest BCUT2D eigenvalue weighted by molar-refractivity contribution is -0.147. The SMILES string of the molecule is Cl.N[C@@H]1CN(C(=O)C(OC2CCCC2)c2ccccc2)C[C@H]1c1ccccc1. The van der Waals surface area contributed by atoms with Crippen molar-refractivity contribution in [2.45, 2.75) is 49.9 Å². The number of likely N-dealkylation sites (tertiary alicyclic amines) is 1. The smallest absolute Gasteiger partial charge is 0.256 e. The van der Waals surface area contributed by atoms with E-state index in [9.17, 15) is 4.79 Å². The van der Waals surface area contributed by atoms with E-state index in [0.29, 0.717) is 13.1 Å². The molecule has 1 amide bonds. The van der Waals surface area contributed by atoms with Crippen LogP contribution in [0.3, 0.4) is 0 Å². The van der Waals surface area contributed by atoms with E-state index in [2.05, 4.69) is 12.1 Å². The molecule has 2 aromatic rings. The van der Waals surface area contributed by atoms with Gasteiger partial charge in [-0.05, 0) is 24.0 Å². The molecule has 1 saturated heterocycles. The monoisotopic (exact) mass is 400 g/mol. The first kappa shape index (κ1) is 20.8. The quantitative estimate of drug-likeness (QED) is 0.823. The fourth-order valence-corrected chi connectivity index (χ4v) is 4.35. The van der Waals surface area contributed by atoms with Gasteiger partial charge in [0, 0.05) is 25.0 Å². The summed E-state index contributed by atoms with van der Waals surface area (Å²) in [7, 11) is 0. The molecule has 150 valence electrons. The van der Waals surface area contributed by atoms with Gasteiger partial charge in [0.15, 0.2) is 6.10 Å². The summed E-state index contributed by atoms with van der Waals surface area (Å²) in [5, 5.41) is 0. The lowest BCUT2D eigenvalue weighted by Gasteiger charge is -2.26. The Morgan fingerprint density at radius 2 is 1.57 bits per heavy atom. The van der Waals surface area contributed by atoms with Crippen molar-refractivity contribution in [1.82, 2.24) is 4.90 Å². The van der Waals surface area contributed by atoms with Crippen LogP contribution in [0.1, 0.15) is 48.8 Å². The number of benzene rings is 2. The molecule has 4 nitrogen and oxygen atoms in total. The maximum absolute atomic E-state index is 13.4. The predicted octanol–water partition coefficient (Wildman–Crippen LogP) is 4.06. The summed E-state index contributed by atoms with van der Waals surface area (Å²) < 4.78 is 6.32. The third kappa shape index (κ3) is 4.57. The zero-order valence-electron chi connectivity index (χ0n) is 16.1. The third-order valence-corrected chi connectivity index (χ3v) is 5.86. The van der Waals surface area contributed by atoms with Crippen molar-refractivity contribution in [1.29, 1.82) is 0 Å². The Balaban J connectivity index is 0.00000225. The first-order valence-electron chi connectivity index (χ1n) is 10.0. The Labute approximate surface area is 173 Å². The molecule has 1 unspecified atom stereocenters. The van der Waals surface area contributed by atoms with Gasteiger partial charge in [0.1, 0.15) is 0 Å². The second kappa shape index (κ2) is 9.55. The summed E-state index contributed by atoms with van der Waals surface area (Å²) in [6.45, 7) is 1.23. The molecule has 2 fully saturated rings. The molecule has 1 aliphatic carbocycles. The molecule has 0 aromatic heterocycles. The minimum absolute atomic E-state index is 0. The molecule has 28 heavy (non-hydrogen) atoms. The van der Waals surface area contributed by atoms with Gasteiger partial charge in [-0.3, -0.25) is 4.79 Å². The standard InChI is InChI=1S/C23H28N2O2.ClH/c24-21-16-25(15-20(21)17-9-3-1-4-10-17)23(26)22(18-11-5-2-6-12-18)27-19-13-7-8-14-19;/h1-6,9-12,19-22H,7-8,13-16,24H2;1H/t20-,21+,22?;/m0./s1. The lowest BCUT2D eigenvalue weighted by atomic mass is 9.95. The van der Waals surface area contributed by atoms with Crippen molar-refractivity contribution >= 4 is 18.3 Å². The minimum atomic E-state index is -0.531. The molecular weight excluding hydrogens is 372 g/mol. The van der Waals surface area contributed by atoms with Crippen molar-refractivity contribution in [3.63, 3.8) is 0 Å². The highest BCUT2D eigenvalue weighted by molar-refractivity contribution is 5.85. The van der Waals surface area contributed by atoms with Gasteiger partial charge in [-0.25, -0.2) is 0 Å². The summed E-state index contributed by atoms with van der Waals surface area (Å²) in [5.74, 6) is 0.222. The number of nitrogens with two attached hydrogens (primary N) is 1. The van der Waals surface area contributed by atoms with Gasteiger partial charge < -0.3 is 15.4 Å². The summed E-state index contributed by atoms with van der Waals surface area (Å²) in [6.07, 6.45) is 4.11. The molecule has 2 aliphatic rings. The fraction of sp³-hybridized carbons (Fsp3) is 0.435. The van der Waals surface area contributed by atoms with Crippen LogP contribution < -0.4 is 5.73 Å². The maximum Gasteiger partial charge on any atom is 0.256 e. The van der Waals surface area contributed by atoms with Crippen molar-refractivity contribution in [3.8, 4) is 0 Å². The first-order valence-corrected chi connectivity index (χ1v) is 10.0. The van der Waals surface area contributed by atoms with Gasteiger partial charge in [0.05, 0.1) is 6.10 Å². The van der Waals surface area contributed by atoms with Crippen LogP contribution in [0.25, 0.3) is 0 Å². The highest BCUT2D eigenvalue weighted by Crippen LogP contribution is 2.32. The van der Waals surface area contributed by atoms with E-state index >= 15 is 0 Å². The topological polar surface area (TPSA) is 55.6 Å². The van der Waals surface area contributed by atoms with Gasteiger partial charge in [-0.2, -0.15) is 0 Å². The average Bonchev–Trinajstić information content (AvgIpc) is 3.36. The molecule has 5 heteroatoms. The number of nitrogens with zero attached hydrogens (tertiary/aromatic N) is 1. The zero-order chi connectivity index (χ0) is 18.6. The van der Waals surface area contributed by atoms with Crippen LogP contribution in [-0.4, -0.2) is 36.0 Å². The number of carbonyl (C=O) groups excluding carboxylic acids is 1. The number of hydrogen-bond acceptors (Lipinski definition) is 3. The second-order valence-electron chi connectivity index (χ2n) is 7.76. The fourth-order valence-electron chi connectivity index (χ4n) is 4.35. The molecular formula is C23H29ClN2O2. The average molecular weight is 401 g/mol. The van der Waals surface area contributed by atoms with Crippen molar-refractivity contribution < 1.29 is 9.53 Å². The van der Waals surface area contributed by atoms with Gasteiger partial charge in [0.25, 0.3) is 5.91 Å². The Hall–Kier alpha value is -1.88. The van der Waals surface area contributed by atoms with E-state index in [1.54, 1.807) is 0 Å². The van der Waals surface area contributed by atoms with E-state index < -0.39 is 6.10 Å². The highest BCUT2D eigenvalue weighted by Gasteiger charge is 2.38. The van der Waals surface area contributed by atoms with Crippen molar-refractivity contribution in [2.24, 2.45) is 5.73 Å². The third-order valence-electron chi connectivity index (χ3n) is 5.86. The number of carbonyl (C=O) groups is 1. The second-order valence-corrected chi connectivity index (χ2v) is 7.76. The Morgan fingerprint density at radius 1 is 0.964 bits per heavy atom. The first-order chi connectivity index (χ1) is 13.2. The predicted molar refractivity (Wildman–Crippen MR) is 114 cm³/mol. The van der Waals surface area contributed by atoms with Crippen LogP contribution in [0.2, 0.25) is 0 Å². The van der Waals surface area contributed by atoms with E-state index in [1.807, 2.05) is 53.4 Å². The molecule has 1 saturated carbocycles. The van der Waals surface area contributed by atoms with Crippen LogP contribution in [0.4, 0.5) is 0 Å². The van der Waals surface area contributed by atoms with Crippen molar-refractivity contribution in [3.05, 3.63) is 71.8 Å². The molecule has 0 radical (unpaired) electrons. The van der Waals surface area contributed by atoms with Crippen LogP contribution in [0.5, 0.6) is 0 Å². The van der Waals surface area contributed by atoms with Gasteiger partial charge in [-0.1, -0.05) is 73.5 Å². The van der Waals surface area contributed by atoms with Crippen molar-refractivity contribution in [2.75, 3.05) is 13.1 Å². The van der Waals surface area contributed by atoms with Crippen LogP contribution in [0.15, 0.2) is 60.7 Å². The maximum atomic E-state index is 13.4. The van der Waals surface area contributed by atoms with Gasteiger partial charge >= 0.3 is 0 Å². The molecule has 0 bridgehead atoms. The molecule has 3 atom stereocenters. The van der Waals surface area contributed by atoms with E-state index in [0.717, 1.165) is 18.4 Å². The number of halogens is 1. The number of ether oxygens (including phenoxy) is 1. The van der Waals surface area contributed by atoms with Crippen LogP contribution >= 0.6 is 12.4 Å². The zero-order valence-corrected chi connectivity index (χ0v) is 16.9. The summed E-state index contributed by atoms with van der Waals surface area (Å²) >= 11 is 0. The van der Waals surface area contributed by atoms with Gasteiger partial charge in [0.2, 0.25) is 0 Å². The summed E-state index contributed by atoms with van der Waals surface area (Å²) in [6, 6.07) is 20.1. The highest BCUT2D eigenvalue weighted by atomic mass is 35.5. The normalized spacial score (nSPS) is 23.4. The molecule has 0 spiro atoms.